The van der Waals surface area contributed by atoms with Crippen LogP contribution in [0.15, 0.2) is 60.8 Å². The quantitative estimate of drug-likeness (QED) is 0.256. The van der Waals surface area contributed by atoms with Gasteiger partial charge in [0.25, 0.3) is 5.91 Å². The maximum absolute atomic E-state index is 15.2. The minimum atomic E-state index is -2.77. The van der Waals surface area contributed by atoms with E-state index in [9.17, 15) is 32.8 Å². The number of alkyl halides is 2. The van der Waals surface area contributed by atoms with E-state index < -0.39 is 53.1 Å². The molecular formula is C31H25ClF4N4O3. The molecule has 2 aromatic carbocycles. The van der Waals surface area contributed by atoms with Gasteiger partial charge in [-0.05, 0) is 49.1 Å². The van der Waals surface area contributed by atoms with E-state index in [2.05, 4.69) is 4.98 Å². The molecule has 0 spiro atoms. The van der Waals surface area contributed by atoms with E-state index in [1.165, 1.54) is 24.3 Å². The molecule has 7 nitrogen and oxygen atoms in total. The number of benzene rings is 2. The molecule has 12 heteroatoms. The lowest BCUT2D eigenvalue weighted by Crippen LogP contribution is -2.50. The van der Waals surface area contributed by atoms with E-state index in [1.54, 1.807) is 18.2 Å². The highest BCUT2D eigenvalue weighted by atomic mass is 35.5. The van der Waals surface area contributed by atoms with Crippen LogP contribution in [0.1, 0.15) is 55.7 Å². The van der Waals surface area contributed by atoms with E-state index in [-0.39, 0.29) is 66.3 Å². The summed E-state index contributed by atoms with van der Waals surface area (Å²) in [5.74, 6) is -7.49. The summed E-state index contributed by atoms with van der Waals surface area (Å²) in [6, 6.07) is 11.2. The number of nitriles is 1. The van der Waals surface area contributed by atoms with Crippen molar-refractivity contribution in [3.63, 3.8) is 0 Å². The molecule has 2 amide bonds. The predicted molar refractivity (Wildman–Crippen MR) is 149 cm³/mol. The van der Waals surface area contributed by atoms with Crippen LogP contribution in [0, 0.1) is 28.9 Å². The standard InChI is InChI=1S/C31H25ClF4N4O3/c32-23-7-2-1-6-22(23)28(25(41)10-8-18-15-31(35,36)16-18)39(21-5-3-4-20(33)14-21)30(43)24-9-11-26(42)40(24)29-27(34)19(17-37)12-13-38-29/h1-7,12-14,18,24,28H,8-11,15-16H2/t24-,28-/m0/s1. The third-order valence-corrected chi connectivity index (χ3v) is 8.12. The Morgan fingerprint density at radius 1 is 1.14 bits per heavy atom. The number of halogens is 5. The molecule has 3 aromatic rings. The van der Waals surface area contributed by atoms with Crippen molar-refractivity contribution in [1.82, 2.24) is 4.98 Å². The second-order valence-corrected chi connectivity index (χ2v) is 11.1. The summed E-state index contributed by atoms with van der Waals surface area (Å²) in [6.45, 7) is 0. The second-order valence-electron chi connectivity index (χ2n) is 10.7. The molecule has 2 heterocycles. The van der Waals surface area contributed by atoms with Crippen LogP contribution < -0.4 is 9.80 Å². The van der Waals surface area contributed by atoms with Gasteiger partial charge in [-0.2, -0.15) is 5.26 Å². The van der Waals surface area contributed by atoms with Crippen LogP contribution in [-0.2, 0) is 14.4 Å². The van der Waals surface area contributed by atoms with E-state index in [0.717, 1.165) is 34.2 Å². The monoisotopic (exact) mass is 612 g/mol. The number of nitrogens with zero attached hydrogens (tertiary/aromatic N) is 4. The lowest BCUT2D eigenvalue weighted by atomic mass is 9.77. The minimum absolute atomic E-state index is 0.0306. The third-order valence-electron chi connectivity index (χ3n) is 7.78. The molecule has 2 aliphatic rings. The van der Waals surface area contributed by atoms with Gasteiger partial charge < -0.3 is 0 Å². The minimum Gasteiger partial charge on any atom is -0.297 e. The first-order chi connectivity index (χ1) is 20.5. The van der Waals surface area contributed by atoms with Crippen LogP contribution in [0.2, 0.25) is 5.02 Å². The highest BCUT2D eigenvalue weighted by Crippen LogP contribution is 2.45. The zero-order valence-electron chi connectivity index (χ0n) is 22.7. The topological polar surface area (TPSA) is 94.4 Å². The summed E-state index contributed by atoms with van der Waals surface area (Å²) >= 11 is 6.51. The van der Waals surface area contributed by atoms with Crippen LogP contribution >= 0.6 is 11.6 Å². The van der Waals surface area contributed by atoms with Crippen molar-refractivity contribution < 1.29 is 31.9 Å². The van der Waals surface area contributed by atoms with Gasteiger partial charge in [0.15, 0.2) is 17.4 Å². The molecule has 5 rings (SSSR count). The summed E-state index contributed by atoms with van der Waals surface area (Å²) in [7, 11) is 0. The number of hydrogen-bond acceptors (Lipinski definition) is 5. The summed E-state index contributed by atoms with van der Waals surface area (Å²) in [4.78, 5) is 47.2. The fourth-order valence-corrected chi connectivity index (χ4v) is 5.92. The third kappa shape index (κ3) is 6.11. The van der Waals surface area contributed by atoms with Gasteiger partial charge in [-0.3, -0.25) is 24.2 Å². The zero-order chi connectivity index (χ0) is 30.9. The van der Waals surface area contributed by atoms with Gasteiger partial charge in [0, 0.05) is 48.2 Å². The van der Waals surface area contributed by atoms with Crippen molar-refractivity contribution in [2.24, 2.45) is 5.92 Å². The van der Waals surface area contributed by atoms with Crippen LogP contribution in [0.5, 0.6) is 0 Å². The average molecular weight is 613 g/mol. The number of pyridine rings is 1. The van der Waals surface area contributed by atoms with Crippen LogP contribution in [0.3, 0.4) is 0 Å². The molecule has 222 valence electrons. The molecule has 2 atom stereocenters. The van der Waals surface area contributed by atoms with E-state index in [0.29, 0.717) is 0 Å². The Labute approximate surface area is 249 Å². The van der Waals surface area contributed by atoms with Gasteiger partial charge in [-0.15, -0.1) is 0 Å². The molecule has 1 saturated carbocycles. The highest BCUT2D eigenvalue weighted by Gasteiger charge is 2.47. The van der Waals surface area contributed by atoms with Crippen LogP contribution in [-0.4, -0.2) is 34.5 Å². The molecule has 1 aromatic heterocycles. The van der Waals surface area contributed by atoms with Gasteiger partial charge in [-0.25, -0.2) is 22.5 Å². The van der Waals surface area contributed by atoms with E-state index >= 15 is 4.39 Å². The summed E-state index contributed by atoms with van der Waals surface area (Å²) in [5, 5.41) is 9.42. The molecule has 0 radical (unpaired) electrons. The second kappa shape index (κ2) is 12.1. The smallest absolute Gasteiger partial charge is 0.251 e. The SMILES string of the molecule is N#Cc1ccnc(N2C(=O)CC[C@H]2C(=O)N(c2cccc(F)c2)[C@H](C(=O)CCC2CC(F)(F)C2)c2ccccc2Cl)c1F. The first kappa shape index (κ1) is 30.2. The number of aromatic nitrogens is 1. The number of carbonyl (C=O) groups is 3. The Hall–Kier alpha value is -4.30. The molecule has 0 N–H and O–H groups in total. The molecule has 1 saturated heterocycles. The summed E-state index contributed by atoms with van der Waals surface area (Å²) in [5.41, 5.74) is -0.210. The van der Waals surface area contributed by atoms with Crippen molar-refractivity contribution in [1.29, 1.82) is 5.26 Å². The Bertz CT molecular complexity index is 1620. The first-order valence-electron chi connectivity index (χ1n) is 13.6. The number of amides is 2. The number of anilines is 2. The van der Waals surface area contributed by atoms with Crippen molar-refractivity contribution in [3.8, 4) is 6.07 Å². The van der Waals surface area contributed by atoms with Crippen molar-refractivity contribution in [2.75, 3.05) is 9.80 Å². The maximum Gasteiger partial charge on any atom is 0.251 e. The molecular weight excluding hydrogens is 588 g/mol. The number of ketones is 1. The first-order valence-corrected chi connectivity index (χ1v) is 14.0. The predicted octanol–water partition coefficient (Wildman–Crippen LogP) is 6.55. The Kier molecular flexibility index (Phi) is 8.51. The van der Waals surface area contributed by atoms with Crippen molar-refractivity contribution >= 4 is 40.7 Å². The highest BCUT2D eigenvalue weighted by molar-refractivity contribution is 6.31. The normalized spacial score (nSPS) is 18.6. The summed E-state index contributed by atoms with van der Waals surface area (Å²) in [6.07, 6.45) is 0.169. The van der Waals surface area contributed by atoms with Gasteiger partial charge in [0.2, 0.25) is 11.8 Å². The largest absolute Gasteiger partial charge is 0.297 e. The van der Waals surface area contributed by atoms with Gasteiger partial charge >= 0.3 is 0 Å². The molecule has 1 aliphatic carbocycles. The number of Topliss-reactive ketones (excluding diaryl/α,β-unsaturated/α-hetero) is 1. The molecule has 43 heavy (non-hydrogen) atoms. The molecule has 0 bridgehead atoms. The van der Waals surface area contributed by atoms with E-state index in [1.807, 2.05) is 0 Å². The summed E-state index contributed by atoms with van der Waals surface area (Å²) < 4.78 is 56.7. The molecule has 2 fully saturated rings. The van der Waals surface area contributed by atoms with Crippen molar-refractivity contribution in [3.05, 3.63) is 88.6 Å². The van der Waals surface area contributed by atoms with Crippen LogP contribution in [0.25, 0.3) is 0 Å². The van der Waals surface area contributed by atoms with Gasteiger partial charge in [0.1, 0.15) is 24.0 Å². The Morgan fingerprint density at radius 3 is 2.56 bits per heavy atom. The zero-order valence-corrected chi connectivity index (χ0v) is 23.4. The van der Waals surface area contributed by atoms with E-state index in [4.69, 9.17) is 11.6 Å². The maximum atomic E-state index is 15.2. The average Bonchev–Trinajstić information content (AvgIpc) is 3.34. The molecule has 1 aliphatic heterocycles. The molecule has 0 unspecified atom stereocenters. The number of rotatable bonds is 9. The van der Waals surface area contributed by atoms with Crippen molar-refractivity contribution in [2.45, 2.75) is 56.5 Å². The fourth-order valence-electron chi connectivity index (χ4n) is 5.69. The lowest BCUT2D eigenvalue weighted by molar-refractivity contribution is -0.129. The van der Waals surface area contributed by atoms with Gasteiger partial charge in [0.05, 0.1) is 5.56 Å². The lowest BCUT2D eigenvalue weighted by Gasteiger charge is -2.37. The Morgan fingerprint density at radius 2 is 1.88 bits per heavy atom. The number of hydrogen-bond donors (Lipinski definition) is 0. The fraction of sp³-hybridized carbons (Fsp3) is 0.323. The van der Waals surface area contributed by atoms with Crippen LogP contribution in [0.4, 0.5) is 29.1 Å². The van der Waals surface area contributed by atoms with Gasteiger partial charge in [-0.1, -0.05) is 35.9 Å². The Balaban J connectivity index is 1.59. The number of carbonyl (C=O) groups excluding carboxylic acids is 3.